The number of carbonyl (C=O) groups is 1. The van der Waals surface area contributed by atoms with E-state index in [0.717, 1.165) is 17.5 Å². The number of amides is 2. The number of hydrogen-bond acceptors (Lipinski definition) is 3. The average Bonchev–Trinajstić information content (AvgIpc) is 2.84. The minimum Gasteiger partial charge on any atom is -0.383 e. The zero-order valence-electron chi connectivity index (χ0n) is 11.8. The van der Waals surface area contributed by atoms with Gasteiger partial charge in [0.05, 0.1) is 23.5 Å². The molecule has 2 amide bonds. The number of carbonyl (C=O) groups excluding carboxylic acids is 1. The summed E-state index contributed by atoms with van der Waals surface area (Å²) in [6, 6.07) is 8.97. The highest BCUT2D eigenvalue weighted by molar-refractivity contribution is 6.30. The van der Waals surface area contributed by atoms with E-state index < -0.39 is 11.6 Å². The highest BCUT2D eigenvalue weighted by Crippen LogP contribution is 2.36. The first-order valence-corrected chi connectivity index (χ1v) is 7.41. The van der Waals surface area contributed by atoms with Crippen molar-refractivity contribution < 1.29 is 9.90 Å². The first-order chi connectivity index (χ1) is 10.6. The van der Waals surface area contributed by atoms with Crippen molar-refractivity contribution in [2.45, 2.75) is 18.4 Å². The van der Waals surface area contributed by atoms with E-state index in [4.69, 9.17) is 11.6 Å². The van der Waals surface area contributed by atoms with Crippen molar-refractivity contribution >= 4 is 23.3 Å². The average molecular weight is 318 g/mol. The van der Waals surface area contributed by atoms with Crippen LogP contribution in [0.1, 0.15) is 17.5 Å². The first kappa shape index (κ1) is 14.8. The molecule has 0 fully saturated rings. The van der Waals surface area contributed by atoms with Crippen LogP contribution in [0.2, 0.25) is 5.02 Å². The van der Waals surface area contributed by atoms with E-state index in [9.17, 15) is 9.90 Å². The molecule has 0 saturated heterocycles. The normalized spacial score (nSPS) is 19.5. The SMILES string of the molecule is O=C(NCC1(O)CCc2ccccc21)Nc1cncc(Cl)c1. The standard InChI is InChI=1S/C16H16ClN3O2/c17-12-7-13(9-18-8-12)20-15(21)19-10-16(22)6-5-11-3-1-2-4-14(11)16/h1-4,7-9,22H,5-6,10H2,(H2,19,20,21). The molecular formula is C16H16ClN3O2. The number of nitrogens with zero attached hydrogens (tertiary/aromatic N) is 1. The van der Waals surface area contributed by atoms with Gasteiger partial charge in [-0.1, -0.05) is 35.9 Å². The third-order valence-corrected chi connectivity index (χ3v) is 4.04. The molecule has 1 atom stereocenters. The molecule has 1 aromatic carbocycles. The van der Waals surface area contributed by atoms with Gasteiger partial charge in [0.1, 0.15) is 5.60 Å². The monoisotopic (exact) mass is 317 g/mol. The van der Waals surface area contributed by atoms with Crippen LogP contribution in [0.25, 0.3) is 0 Å². The van der Waals surface area contributed by atoms with Crippen molar-refractivity contribution in [1.82, 2.24) is 10.3 Å². The minimum atomic E-state index is -1.01. The maximum Gasteiger partial charge on any atom is 0.319 e. The lowest BCUT2D eigenvalue weighted by atomic mass is 9.96. The molecule has 1 aliphatic carbocycles. The van der Waals surface area contributed by atoms with E-state index >= 15 is 0 Å². The molecule has 0 aliphatic heterocycles. The number of halogens is 1. The van der Waals surface area contributed by atoms with E-state index in [-0.39, 0.29) is 6.54 Å². The number of aryl methyl sites for hydroxylation is 1. The number of nitrogens with one attached hydrogen (secondary N) is 2. The molecule has 6 heteroatoms. The number of fused-ring (bicyclic) bond motifs is 1. The lowest BCUT2D eigenvalue weighted by molar-refractivity contribution is 0.0417. The molecule has 2 aromatic rings. The van der Waals surface area contributed by atoms with Crippen LogP contribution in [0.3, 0.4) is 0 Å². The fraction of sp³-hybridized carbons (Fsp3) is 0.250. The Morgan fingerprint density at radius 1 is 1.36 bits per heavy atom. The number of rotatable bonds is 3. The van der Waals surface area contributed by atoms with Gasteiger partial charge in [-0.25, -0.2) is 4.79 Å². The summed E-state index contributed by atoms with van der Waals surface area (Å²) in [6.45, 7) is 0.157. The van der Waals surface area contributed by atoms with Crippen LogP contribution in [-0.2, 0) is 12.0 Å². The van der Waals surface area contributed by atoms with Gasteiger partial charge in [0.25, 0.3) is 0 Å². The molecule has 114 valence electrons. The Bertz CT molecular complexity index is 707. The van der Waals surface area contributed by atoms with Gasteiger partial charge in [0.15, 0.2) is 0 Å². The van der Waals surface area contributed by atoms with Crippen LogP contribution < -0.4 is 10.6 Å². The predicted octanol–water partition coefficient (Wildman–Crippen LogP) is 2.69. The van der Waals surface area contributed by atoms with Gasteiger partial charge in [0, 0.05) is 6.20 Å². The Kier molecular flexibility index (Phi) is 4.00. The van der Waals surface area contributed by atoms with E-state index in [1.165, 1.54) is 12.4 Å². The van der Waals surface area contributed by atoms with Crippen LogP contribution in [0, 0.1) is 0 Å². The van der Waals surface area contributed by atoms with Crippen molar-refractivity contribution in [3.05, 3.63) is 58.9 Å². The molecule has 0 radical (unpaired) electrons. The summed E-state index contributed by atoms with van der Waals surface area (Å²) in [7, 11) is 0. The largest absolute Gasteiger partial charge is 0.383 e. The molecule has 1 aromatic heterocycles. The Balaban J connectivity index is 1.62. The van der Waals surface area contributed by atoms with Gasteiger partial charge in [-0.3, -0.25) is 4.98 Å². The number of benzene rings is 1. The summed E-state index contributed by atoms with van der Waals surface area (Å²) < 4.78 is 0. The third-order valence-electron chi connectivity index (χ3n) is 3.83. The lowest BCUT2D eigenvalue weighted by Gasteiger charge is -2.24. The topological polar surface area (TPSA) is 74.2 Å². The van der Waals surface area contributed by atoms with Gasteiger partial charge in [-0.05, 0) is 30.0 Å². The van der Waals surface area contributed by atoms with Crippen molar-refractivity contribution in [2.75, 3.05) is 11.9 Å². The van der Waals surface area contributed by atoms with Gasteiger partial charge in [-0.15, -0.1) is 0 Å². The summed E-state index contributed by atoms with van der Waals surface area (Å²) in [6.07, 6.45) is 4.41. The summed E-state index contributed by atoms with van der Waals surface area (Å²) in [5.74, 6) is 0. The maximum absolute atomic E-state index is 11.9. The smallest absolute Gasteiger partial charge is 0.319 e. The number of hydrogen-bond donors (Lipinski definition) is 3. The third kappa shape index (κ3) is 3.05. The molecular weight excluding hydrogens is 302 g/mol. The molecule has 22 heavy (non-hydrogen) atoms. The Hall–Kier alpha value is -2.11. The number of urea groups is 1. The fourth-order valence-electron chi connectivity index (χ4n) is 2.73. The second kappa shape index (κ2) is 5.94. The zero-order valence-corrected chi connectivity index (χ0v) is 12.6. The van der Waals surface area contributed by atoms with Crippen molar-refractivity contribution in [2.24, 2.45) is 0 Å². The molecule has 3 N–H and O–H groups in total. The molecule has 1 aliphatic rings. The molecule has 3 rings (SSSR count). The number of anilines is 1. The summed E-state index contributed by atoms with van der Waals surface area (Å²) in [5.41, 5.74) is 1.51. The first-order valence-electron chi connectivity index (χ1n) is 7.03. The zero-order chi connectivity index (χ0) is 15.6. The number of pyridine rings is 1. The van der Waals surface area contributed by atoms with Crippen molar-refractivity contribution in [3.8, 4) is 0 Å². The van der Waals surface area contributed by atoms with E-state index in [1.54, 1.807) is 6.07 Å². The summed E-state index contributed by atoms with van der Waals surface area (Å²) in [4.78, 5) is 15.8. The second-order valence-corrected chi connectivity index (χ2v) is 5.82. The van der Waals surface area contributed by atoms with Gasteiger partial charge < -0.3 is 15.7 Å². The van der Waals surface area contributed by atoms with Crippen LogP contribution in [0.4, 0.5) is 10.5 Å². The van der Waals surface area contributed by atoms with E-state index in [2.05, 4.69) is 15.6 Å². The summed E-state index contributed by atoms with van der Waals surface area (Å²) >= 11 is 5.81. The highest BCUT2D eigenvalue weighted by atomic mass is 35.5. The quantitative estimate of drug-likeness (QED) is 0.815. The Labute approximate surface area is 133 Å². The second-order valence-electron chi connectivity index (χ2n) is 5.39. The summed E-state index contributed by atoms with van der Waals surface area (Å²) in [5, 5.41) is 16.5. The highest BCUT2D eigenvalue weighted by Gasteiger charge is 2.36. The molecule has 1 heterocycles. The van der Waals surface area contributed by atoms with Gasteiger partial charge in [-0.2, -0.15) is 0 Å². The molecule has 0 spiro atoms. The van der Waals surface area contributed by atoms with Crippen LogP contribution in [0.5, 0.6) is 0 Å². The van der Waals surface area contributed by atoms with E-state index in [0.29, 0.717) is 17.1 Å². The molecule has 5 nitrogen and oxygen atoms in total. The van der Waals surface area contributed by atoms with Gasteiger partial charge in [0.2, 0.25) is 0 Å². The molecule has 1 unspecified atom stereocenters. The number of aliphatic hydroxyl groups is 1. The van der Waals surface area contributed by atoms with Crippen LogP contribution >= 0.6 is 11.6 Å². The number of aromatic nitrogens is 1. The lowest BCUT2D eigenvalue weighted by Crippen LogP contribution is -2.41. The van der Waals surface area contributed by atoms with Crippen LogP contribution in [0.15, 0.2) is 42.7 Å². The van der Waals surface area contributed by atoms with Crippen molar-refractivity contribution in [1.29, 1.82) is 0 Å². The minimum absolute atomic E-state index is 0.157. The molecule has 0 bridgehead atoms. The fourth-order valence-corrected chi connectivity index (χ4v) is 2.91. The molecule has 0 saturated carbocycles. The Morgan fingerprint density at radius 2 is 2.18 bits per heavy atom. The Morgan fingerprint density at radius 3 is 3.00 bits per heavy atom. The predicted molar refractivity (Wildman–Crippen MR) is 84.9 cm³/mol. The maximum atomic E-state index is 11.9. The van der Waals surface area contributed by atoms with Crippen LogP contribution in [-0.4, -0.2) is 22.7 Å². The van der Waals surface area contributed by atoms with Crippen molar-refractivity contribution in [3.63, 3.8) is 0 Å². The van der Waals surface area contributed by atoms with Gasteiger partial charge >= 0.3 is 6.03 Å². The van der Waals surface area contributed by atoms with E-state index in [1.807, 2.05) is 24.3 Å².